The predicted molar refractivity (Wildman–Crippen MR) is 79.6 cm³/mol. The minimum atomic E-state index is -0.558. The van der Waals surface area contributed by atoms with Crippen molar-refractivity contribution >= 4 is 11.8 Å². The van der Waals surface area contributed by atoms with E-state index in [1.54, 1.807) is 17.9 Å². The summed E-state index contributed by atoms with van der Waals surface area (Å²) in [6.07, 6.45) is 0. The standard InChI is InChI=1S/C16H22N2O3/c1-10(2)14(9-19)17-15(20)11(3)18-8-12-6-4-5-7-13(12)16(18)21/h4-7,10-11,14,19H,8-9H2,1-3H3,(H,17,20). The van der Waals surface area contributed by atoms with Gasteiger partial charge in [0.25, 0.3) is 5.91 Å². The number of carbonyl (C=O) groups is 2. The summed E-state index contributed by atoms with van der Waals surface area (Å²) in [5.41, 5.74) is 1.62. The number of hydrogen-bond donors (Lipinski definition) is 2. The zero-order chi connectivity index (χ0) is 15.6. The number of aliphatic hydroxyl groups excluding tert-OH is 1. The van der Waals surface area contributed by atoms with Crippen LogP contribution in [0.1, 0.15) is 36.7 Å². The lowest BCUT2D eigenvalue weighted by Gasteiger charge is -2.27. The van der Waals surface area contributed by atoms with E-state index in [0.29, 0.717) is 12.1 Å². The maximum atomic E-state index is 12.3. The van der Waals surface area contributed by atoms with Crippen LogP contribution in [0.15, 0.2) is 24.3 Å². The zero-order valence-electron chi connectivity index (χ0n) is 12.7. The van der Waals surface area contributed by atoms with Crippen molar-refractivity contribution in [1.82, 2.24) is 10.2 Å². The molecule has 0 aliphatic carbocycles. The number of carbonyl (C=O) groups excluding carboxylic acids is 2. The van der Waals surface area contributed by atoms with Gasteiger partial charge in [-0.15, -0.1) is 0 Å². The van der Waals surface area contributed by atoms with Crippen molar-refractivity contribution in [3.63, 3.8) is 0 Å². The van der Waals surface area contributed by atoms with Crippen LogP contribution >= 0.6 is 0 Å². The molecule has 0 fully saturated rings. The van der Waals surface area contributed by atoms with Crippen LogP contribution in [0.4, 0.5) is 0 Å². The largest absolute Gasteiger partial charge is 0.394 e. The maximum Gasteiger partial charge on any atom is 0.255 e. The topological polar surface area (TPSA) is 69.6 Å². The highest BCUT2D eigenvalue weighted by atomic mass is 16.3. The van der Waals surface area contributed by atoms with Gasteiger partial charge in [0.2, 0.25) is 5.91 Å². The second-order valence-electron chi connectivity index (χ2n) is 5.81. The Labute approximate surface area is 125 Å². The Morgan fingerprint density at radius 3 is 2.57 bits per heavy atom. The first-order valence-electron chi connectivity index (χ1n) is 7.25. The third-order valence-corrected chi connectivity index (χ3v) is 4.03. The lowest BCUT2D eigenvalue weighted by atomic mass is 10.0. The molecule has 1 aromatic carbocycles. The van der Waals surface area contributed by atoms with E-state index in [1.807, 2.05) is 32.0 Å². The van der Waals surface area contributed by atoms with Gasteiger partial charge in [-0.25, -0.2) is 0 Å². The molecule has 21 heavy (non-hydrogen) atoms. The summed E-state index contributed by atoms with van der Waals surface area (Å²) in [5, 5.41) is 12.1. The quantitative estimate of drug-likeness (QED) is 0.855. The molecule has 0 bridgehead atoms. The highest BCUT2D eigenvalue weighted by Gasteiger charge is 2.34. The SMILES string of the molecule is CC(C)C(CO)NC(=O)C(C)N1Cc2ccccc2C1=O. The van der Waals surface area contributed by atoms with E-state index in [1.165, 1.54) is 0 Å². The smallest absolute Gasteiger partial charge is 0.255 e. The van der Waals surface area contributed by atoms with E-state index in [-0.39, 0.29) is 30.4 Å². The van der Waals surface area contributed by atoms with Gasteiger partial charge in [-0.05, 0) is 24.5 Å². The third kappa shape index (κ3) is 3.08. The number of benzene rings is 1. The second-order valence-corrected chi connectivity index (χ2v) is 5.81. The fourth-order valence-electron chi connectivity index (χ4n) is 2.46. The molecule has 0 aromatic heterocycles. The predicted octanol–water partition coefficient (Wildman–Crippen LogP) is 1.16. The average molecular weight is 290 g/mol. The Bertz CT molecular complexity index is 542. The summed E-state index contributed by atoms with van der Waals surface area (Å²) in [7, 11) is 0. The van der Waals surface area contributed by atoms with Crippen LogP contribution < -0.4 is 5.32 Å². The fourth-order valence-corrected chi connectivity index (χ4v) is 2.46. The summed E-state index contributed by atoms with van der Waals surface area (Å²) in [6.45, 7) is 5.93. The van der Waals surface area contributed by atoms with E-state index < -0.39 is 6.04 Å². The van der Waals surface area contributed by atoms with Gasteiger partial charge in [0.1, 0.15) is 6.04 Å². The molecule has 1 aliphatic heterocycles. The molecule has 2 amide bonds. The zero-order valence-corrected chi connectivity index (χ0v) is 12.7. The molecule has 0 radical (unpaired) electrons. The molecule has 5 nitrogen and oxygen atoms in total. The Hall–Kier alpha value is -1.88. The first-order valence-corrected chi connectivity index (χ1v) is 7.25. The van der Waals surface area contributed by atoms with Crippen LogP contribution in [-0.2, 0) is 11.3 Å². The maximum absolute atomic E-state index is 12.3. The lowest BCUT2D eigenvalue weighted by molar-refractivity contribution is -0.126. The molecule has 1 aromatic rings. The molecule has 2 N–H and O–H groups in total. The summed E-state index contributed by atoms with van der Waals surface area (Å²) < 4.78 is 0. The van der Waals surface area contributed by atoms with Crippen molar-refractivity contribution in [2.24, 2.45) is 5.92 Å². The molecule has 0 saturated carbocycles. The van der Waals surface area contributed by atoms with E-state index in [9.17, 15) is 14.7 Å². The van der Waals surface area contributed by atoms with Gasteiger partial charge in [0, 0.05) is 12.1 Å². The molecule has 1 heterocycles. The molecular formula is C16H22N2O3. The van der Waals surface area contributed by atoms with Crippen LogP contribution in [0.3, 0.4) is 0 Å². The normalized spacial score (nSPS) is 16.8. The van der Waals surface area contributed by atoms with E-state index in [0.717, 1.165) is 5.56 Å². The Kier molecular flexibility index (Phi) is 4.63. The first-order chi connectivity index (χ1) is 9.95. The molecule has 5 heteroatoms. The van der Waals surface area contributed by atoms with Crippen molar-refractivity contribution < 1.29 is 14.7 Å². The minimum Gasteiger partial charge on any atom is -0.394 e. The molecule has 0 saturated heterocycles. The van der Waals surface area contributed by atoms with Crippen molar-refractivity contribution in [2.75, 3.05) is 6.61 Å². The van der Waals surface area contributed by atoms with Gasteiger partial charge in [0.05, 0.1) is 12.6 Å². The number of hydrogen-bond acceptors (Lipinski definition) is 3. The van der Waals surface area contributed by atoms with E-state index in [4.69, 9.17) is 0 Å². The summed E-state index contributed by atoms with van der Waals surface area (Å²) >= 11 is 0. The molecule has 114 valence electrons. The van der Waals surface area contributed by atoms with Crippen LogP contribution in [-0.4, -0.2) is 40.5 Å². The molecule has 2 rings (SSSR count). The summed E-state index contributed by atoms with van der Waals surface area (Å²) in [6, 6.07) is 6.56. The number of amides is 2. The van der Waals surface area contributed by atoms with Crippen LogP contribution in [0, 0.1) is 5.92 Å². The second kappa shape index (κ2) is 6.26. The molecular weight excluding hydrogens is 268 g/mol. The van der Waals surface area contributed by atoms with Gasteiger partial charge in [-0.1, -0.05) is 32.0 Å². The van der Waals surface area contributed by atoms with Gasteiger partial charge in [-0.2, -0.15) is 0 Å². The third-order valence-electron chi connectivity index (χ3n) is 4.03. The fraction of sp³-hybridized carbons (Fsp3) is 0.500. The van der Waals surface area contributed by atoms with Gasteiger partial charge in [0.15, 0.2) is 0 Å². The molecule has 1 aliphatic rings. The first kappa shape index (κ1) is 15.5. The van der Waals surface area contributed by atoms with E-state index in [2.05, 4.69) is 5.32 Å². The van der Waals surface area contributed by atoms with Crippen molar-refractivity contribution in [3.05, 3.63) is 35.4 Å². The monoisotopic (exact) mass is 290 g/mol. The Balaban J connectivity index is 2.06. The highest BCUT2D eigenvalue weighted by Crippen LogP contribution is 2.24. The average Bonchev–Trinajstić information content (AvgIpc) is 2.81. The summed E-state index contributed by atoms with van der Waals surface area (Å²) in [4.78, 5) is 26.2. The number of rotatable bonds is 5. The number of nitrogens with one attached hydrogen (secondary N) is 1. The lowest BCUT2D eigenvalue weighted by Crippen LogP contribution is -2.50. The molecule has 2 unspecified atom stereocenters. The Morgan fingerprint density at radius 1 is 1.33 bits per heavy atom. The summed E-state index contributed by atoms with van der Waals surface area (Å²) in [5.74, 6) is -0.208. The number of aliphatic hydroxyl groups is 1. The minimum absolute atomic E-state index is 0.107. The Morgan fingerprint density at radius 2 is 2.00 bits per heavy atom. The van der Waals surface area contributed by atoms with Crippen molar-refractivity contribution in [3.8, 4) is 0 Å². The van der Waals surface area contributed by atoms with Gasteiger partial charge in [-0.3, -0.25) is 9.59 Å². The highest BCUT2D eigenvalue weighted by molar-refractivity contribution is 6.01. The van der Waals surface area contributed by atoms with Crippen molar-refractivity contribution in [2.45, 2.75) is 39.4 Å². The van der Waals surface area contributed by atoms with Crippen molar-refractivity contribution in [1.29, 1.82) is 0 Å². The van der Waals surface area contributed by atoms with E-state index >= 15 is 0 Å². The van der Waals surface area contributed by atoms with Crippen LogP contribution in [0.5, 0.6) is 0 Å². The van der Waals surface area contributed by atoms with Gasteiger partial charge >= 0.3 is 0 Å². The number of nitrogens with zero attached hydrogens (tertiary/aromatic N) is 1. The number of fused-ring (bicyclic) bond motifs is 1. The molecule has 2 atom stereocenters. The van der Waals surface area contributed by atoms with Gasteiger partial charge < -0.3 is 15.3 Å². The van der Waals surface area contributed by atoms with Crippen LogP contribution in [0.2, 0.25) is 0 Å². The molecule has 0 spiro atoms. The van der Waals surface area contributed by atoms with Crippen LogP contribution in [0.25, 0.3) is 0 Å².